The number of rotatable bonds is 5. The van der Waals surface area contributed by atoms with E-state index in [2.05, 4.69) is 5.32 Å². The summed E-state index contributed by atoms with van der Waals surface area (Å²) in [6.45, 7) is 4.99. The molecule has 0 aliphatic rings. The van der Waals surface area contributed by atoms with E-state index in [4.69, 9.17) is 0 Å². The molecule has 0 radical (unpaired) electrons. The highest BCUT2D eigenvalue weighted by Crippen LogP contribution is 2.28. The molecule has 5 nitrogen and oxygen atoms in total. The highest BCUT2D eigenvalue weighted by atomic mass is 19.1. The van der Waals surface area contributed by atoms with Crippen LogP contribution in [0.25, 0.3) is 0 Å². The predicted octanol–water partition coefficient (Wildman–Crippen LogP) is 2.61. The second-order valence-electron chi connectivity index (χ2n) is 4.51. The summed E-state index contributed by atoms with van der Waals surface area (Å²) in [5, 5.41) is 23.0. The molecule has 0 spiro atoms. The maximum absolute atomic E-state index is 13.3. The summed E-state index contributed by atoms with van der Waals surface area (Å²) < 4.78 is 13.3. The molecule has 0 aliphatic heterocycles. The Balaban J connectivity index is 3.00. The minimum absolute atomic E-state index is 0.145. The van der Waals surface area contributed by atoms with Gasteiger partial charge in [0.15, 0.2) is 0 Å². The van der Waals surface area contributed by atoms with Gasteiger partial charge in [-0.05, 0) is 38.8 Å². The number of nitro groups is 1. The standard InChI is InChI=1S/C12H17FN2O3/c1-7-4-11(14-8(2)5-9(3)16)12(15(17)18)6-10(7)13/h4,6,8-9,14,16H,5H2,1-3H3. The van der Waals surface area contributed by atoms with Crippen LogP contribution in [0, 0.1) is 22.9 Å². The van der Waals surface area contributed by atoms with Crippen molar-refractivity contribution in [2.75, 3.05) is 5.32 Å². The molecule has 0 fully saturated rings. The van der Waals surface area contributed by atoms with Crippen molar-refractivity contribution in [3.63, 3.8) is 0 Å². The number of nitro benzene ring substituents is 1. The van der Waals surface area contributed by atoms with Crippen molar-refractivity contribution >= 4 is 11.4 Å². The Morgan fingerprint density at radius 2 is 2.11 bits per heavy atom. The molecule has 2 atom stereocenters. The van der Waals surface area contributed by atoms with E-state index in [-0.39, 0.29) is 17.4 Å². The zero-order chi connectivity index (χ0) is 13.9. The molecule has 6 heteroatoms. The van der Waals surface area contributed by atoms with Crippen LogP contribution in [-0.4, -0.2) is 22.2 Å². The van der Waals surface area contributed by atoms with Crippen molar-refractivity contribution in [2.45, 2.75) is 39.3 Å². The van der Waals surface area contributed by atoms with Gasteiger partial charge in [-0.25, -0.2) is 4.39 Å². The van der Waals surface area contributed by atoms with Gasteiger partial charge in [-0.2, -0.15) is 0 Å². The number of aliphatic hydroxyl groups is 1. The average molecular weight is 256 g/mol. The number of nitrogens with one attached hydrogen (secondary N) is 1. The van der Waals surface area contributed by atoms with Crippen molar-refractivity contribution in [3.05, 3.63) is 33.6 Å². The molecule has 0 aliphatic carbocycles. The lowest BCUT2D eigenvalue weighted by atomic mass is 10.1. The third kappa shape index (κ3) is 3.66. The fourth-order valence-electron chi connectivity index (χ4n) is 1.77. The predicted molar refractivity (Wildman–Crippen MR) is 67.2 cm³/mol. The fraction of sp³-hybridized carbons (Fsp3) is 0.500. The first kappa shape index (κ1) is 14.4. The summed E-state index contributed by atoms with van der Waals surface area (Å²) in [5.74, 6) is -0.601. The van der Waals surface area contributed by atoms with Crippen molar-refractivity contribution in [2.24, 2.45) is 0 Å². The van der Waals surface area contributed by atoms with E-state index in [0.717, 1.165) is 6.07 Å². The van der Waals surface area contributed by atoms with Gasteiger partial charge >= 0.3 is 0 Å². The number of hydrogen-bond donors (Lipinski definition) is 2. The Morgan fingerprint density at radius 1 is 1.50 bits per heavy atom. The minimum Gasteiger partial charge on any atom is -0.393 e. The SMILES string of the molecule is Cc1cc(NC(C)CC(C)O)c([N+](=O)[O-])cc1F. The Hall–Kier alpha value is -1.69. The number of anilines is 1. The van der Waals surface area contributed by atoms with Gasteiger partial charge in [-0.1, -0.05) is 0 Å². The van der Waals surface area contributed by atoms with Crippen LogP contribution in [0.4, 0.5) is 15.8 Å². The third-order valence-electron chi connectivity index (χ3n) is 2.57. The molecular formula is C12H17FN2O3. The van der Waals surface area contributed by atoms with Crippen LogP contribution in [0.3, 0.4) is 0 Å². The Morgan fingerprint density at radius 3 is 2.61 bits per heavy atom. The molecule has 2 unspecified atom stereocenters. The summed E-state index contributed by atoms with van der Waals surface area (Å²) in [6, 6.07) is 2.17. The van der Waals surface area contributed by atoms with Crippen molar-refractivity contribution < 1.29 is 14.4 Å². The molecule has 18 heavy (non-hydrogen) atoms. The van der Waals surface area contributed by atoms with Gasteiger partial charge in [0, 0.05) is 6.04 Å². The second kappa shape index (κ2) is 5.77. The summed E-state index contributed by atoms with van der Waals surface area (Å²) in [6.07, 6.45) is -0.0544. The van der Waals surface area contributed by atoms with Gasteiger partial charge in [-0.15, -0.1) is 0 Å². The molecular weight excluding hydrogens is 239 g/mol. The highest BCUT2D eigenvalue weighted by molar-refractivity contribution is 5.63. The van der Waals surface area contributed by atoms with Crippen LogP contribution in [0.5, 0.6) is 0 Å². The van der Waals surface area contributed by atoms with Crippen molar-refractivity contribution in [1.29, 1.82) is 0 Å². The Kier molecular flexibility index (Phi) is 4.61. The first-order valence-corrected chi connectivity index (χ1v) is 5.70. The van der Waals surface area contributed by atoms with E-state index in [9.17, 15) is 19.6 Å². The normalized spacial score (nSPS) is 14.1. The van der Waals surface area contributed by atoms with E-state index in [0.29, 0.717) is 12.0 Å². The number of nitrogens with zero attached hydrogens (tertiary/aromatic N) is 1. The van der Waals surface area contributed by atoms with Crippen molar-refractivity contribution in [1.82, 2.24) is 0 Å². The molecule has 0 bridgehead atoms. The van der Waals surface area contributed by atoms with Gasteiger partial charge < -0.3 is 10.4 Å². The third-order valence-corrected chi connectivity index (χ3v) is 2.57. The smallest absolute Gasteiger partial charge is 0.295 e. The molecule has 0 aromatic heterocycles. The van der Waals surface area contributed by atoms with Gasteiger partial charge in [-0.3, -0.25) is 10.1 Å². The molecule has 0 amide bonds. The number of aryl methyl sites for hydroxylation is 1. The van der Waals surface area contributed by atoms with Gasteiger partial charge in [0.05, 0.1) is 17.1 Å². The number of benzene rings is 1. The van der Waals surface area contributed by atoms with Gasteiger partial charge in [0.1, 0.15) is 11.5 Å². The minimum atomic E-state index is -0.625. The average Bonchev–Trinajstić information content (AvgIpc) is 2.21. The van der Waals surface area contributed by atoms with Crippen LogP contribution in [0.2, 0.25) is 0 Å². The maximum atomic E-state index is 13.3. The number of aliphatic hydroxyl groups excluding tert-OH is 1. The molecule has 2 N–H and O–H groups in total. The Labute approximate surface area is 105 Å². The maximum Gasteiger partial charge on any atom is 0.295 e. The van der Waals surface area contributed by atoms with Crippen LogP contribution >= 0.6 is 0 Å². The van der Waals surface area contributed by atoms with E-state index >= 15 is 0 Å². The first-order chi connectivity index (χ1) is 8.31. The van der Waals surface area contributed by atoms with Gasteiger partial charge in [0.25, 0.3) is 5.69 Å². The van der Waals surface area contributed by atoms with Gasteiger partial charge in [0.2, 0.25) is 0 Å². The van der Waals surface area contributed by atoms with E-state index in [1.54, 1.807) is 20.8 Å². The summed E-state index contributed by atoms with van der Waals surface area (Å²) in [7, 11) is 0. The molecule has 100 valence electrons. The largest absolute Gasteiger partial charge is 0.393 e. The number of hydrogen-bond acceptors (Lipinski definition) is 4. The molecule has 1 aromatic rings. The van der Waals surface area contributed by atoms with Crippen molar-refractivity contribution in [3.8, 4) is 0 Å². The first-order valence-electron chi connectivity index (χ1n) is 5.70. The zero-order valence-corrected chi connectivity index (χ0v) is 10.6. The molecule has 1 rings (SSSR count). The molecule has 1 aromatic carbocycles. The Bertz CT molecular complexity index is 449. The topological polar surface area (TPSA) is 75.4 Å². The second-order valence-corrected chi connectivity index (χ2v) is 4.51. The summed E-state index contributed by atoms with van der Waals surface area (Å²) in [4.78, 5) is 10.2. The lowest BCUT2D eigenvalue weighted by molar-refractivity contribution is -0.384. The highest BCUT2D eigenvalue weighted by Gasteiger charge is 2.18. The molecule has 0 heterocycles. The van der Waals surface area contributed by atoms with Crippen LogP contribution in [-0.2, 0) is 0 Å². The number of halogens is 1. The monoisotopic (exact) mass is 256 g/mol. The lowest BCUT2D eigenvalue weighted by Crippen LogP contribution is -2.21. The van der Waals surface area contributed by atoms with E-state index < -0.39 is 16.8 Å². The van der Waals surface area contributed by atoms with Crippen LogP contribution in [0.1, 0.15) is 25.8 Å². The zero-order valence-electron chi connectivity index (χ0n) is 10.6. The van der Waals surface area contributed by atoms with Crippen LogP contribution in [0.15, 0.2) is 12.1 Å². The fourth-order valence-corrected chi connectivity index (χ4v) is 1.77. The van der Waals surface area contributed by atoms with E-state index in [1.165, 1.54) is 6.07 Å². The van der Waals surface area contributed by atoms with E-state index in [1.807, 2.05) is 0 Å². The lowest BCUT2D eigenvalue weighted by Gasteiger charge is -2.17. The van der Waals surface area contributed by atoms with Crippen LogP contribution < -0.4 is 5.32 Å². The molecule has 0 saturated carbocycles. The summed E-state index contributed by atoms with van der Waals surface area (Å²) in [5.41, 5.74) is 0.315. The molecule has 0 saturated heterocycles. The quantitative estimate of drug-likeness (QED) is 0.627. The summed E-state index contributed by atoms with van der Waals surface area (Å²) >= 11 is 0.